The number of guanidine groups is 1. The van der Waals surface area contributed by atoms with E-state index in [2.05, 4.69) is 41.7 Å². The van der Waals surface area contributed by atoms with Crippen LogP contribution in [0.4, 0.5) is 0 Å². The Balaban J connectivity index is 0.00000261. The van der Waals surface area contributed by atoms with Gasteiger partial charge < -0.3 is 15.5 Å². The second kappa shape index (κ2) is 11.6. The summed E-state index contributed by atoms with van der Waals surface area (Å²) in [6.07, 6.45) is 8.11. The van der Waals surface area contributed by atoms with Crippen molar-refractivity contribution in [3.63, 3.8) is 0 Å². The zero-order valence-electron chi connectivity index (χ0n) is 17.0. The molecule has 2 fully saturated rings. The molecule has 3 rings (SSSR count). The number of nitrogens with zero attached hydrogens (tertiary/aromatic N) is 3. The first-order chi connectivity index (χ1) is 12.7. The first-order valence-corrected chi connectivity index (χ1v) is 11.3. The Bertz CT molecular complexity index is 575. The lowest BCUT2D eigenvalue weighted by Crippen LogP contribution is -2.50. The minimum atomic E-state index is 0. The molecule has 0 bridgehead atoms. The fraction of sp³-hybridized carbons (Fsp3) is 0.800. The second-order valence-electron chi connectivity index (χ2n) is 7.92. The summed E-state index contributed by atoms with van der Waals surface area (Å²) in [4.78, 5) is 12.2. The van der Waals surface area contributed by atoms with Crippen molar-refractivity contribution in [2.75, 3.05) is 19.6 Å². The molecule has 0 radical (unpaired) electrons. The Morgan fingerprint density at radius 3 is 2.56 bits per heavy atom. The van der Waals surface area contributed by atoms with Gasteiger partial charge in [0.05, 0.1) is 17.2 Å². The number of thiazole rings is 1. The first kappa shape index (κ1) is 22.9. The third kappa shape index (κ3) is 6.85. The molecule has 2 N–H and O–H groups in total. The van der Waals surface area contributed by atoms with Crippen molar-refractivity contribution in [1.29, 1.82) is 0 Å². The van der Waals surface area contributed by atoms with E-state index >= 15 is 0 Å². The van der Waals surface area contributed by atoms with Crippen LogP contribution in [0.2, 0.25) is 0 Å². The summed E-state index contributed by atoms with van der Waals surface area (Å²) in [5.41, 5.74) is 1.08. The van der Waals surface area contributed by atoms with Crippen molar-refractivity contribution >= 4 is 41.3 Å². The number of aromatic nitrogens is 1. The largest absolute Gasteiger partial charge is 0.357 e. The van der Waals surface area contributed by atoms with Gasteiger partial charge in [-0.05, 0) is 32.6 Å². The molecule has 1 aromatic heterocycles. The fourth-order valence-corrected chi connectivity index (χ4v) is 4.84. The fourth-order valence-electron chi connectivity index (χ4n) is 4.01. The van der Waals surface area contributed by atoms with Gasteiger partial charge >= 0.3 is 0 Å². The summed E-state index contributed by atoms with van der Waals surface area (Å²) in [5, 5.41) is 10.4. The molecular formula is C20H36IN5S. The number of hydrogen-bond donors (Lipinski definition) is 2. The predicted molar refractivity (Wildman–Crippen MR) is 126 cm³/mol. The van der Waals surface area contributed by atoms with Gasteiger partial charge in [-0.1, -0.05) is 26.7 Å². The van der Waals surface area contributed by atoms with Crippen molar-refractivity contribution in [2.24, 2.45) is 4.99 Å². The average molecular weight is 506 g/mol. The Morgan fingerprint density at radius 1 is 1.26 bits per heavy atom. The van der Waals surface area contributed by atoms with Crippen molar-refractivity contribution in [3.05, 3.63) is 16.1 Å². The smallest absolute Gasteiger partial charge is 0.191 e. The quantitative estimate of drug-likeness (QED) is 0.343. The molecule has 1 aliphatic heterocycles. The van der Waals surface area contributed by atoms with E-state index in [1.807, 2.05) is 0 Å². The summed E-state index contributed by atoms with van der Waals surface area (Å²) in [7, 11) is 0. The van der Waals surface area contributed by atoms with Crippen LogP contribution in [0.15, 0.2) is 10.4 Å². The summed E-state index contributed by atoms with van der Waals surface area (Å²) in [5.74, 6) is 1.43. The van der Waals surface area contributed by atoms with E-state index in [1.54, 1.807) is 11.3 Å². The standard InChI is InChI=1S/C20H35N5S.HI/c1-4-21-20(22-13-17-14-26-19(23-17)15(2)3)24-16-9-11-25(12-10-16)18-7-5-6-8-18;/h14-16,18H,4-13H2,1-3H3,(H2,21,22,24);1H. The lowest BCUT2D eigenvalue weighted by Gasteiger charge is -2.36. The van der Waals surface area contributed by atoms with Gasteiger partial charge in [0, 0.05) is 43.0 Å². The first-order valence-electron chi connectivity index (χ1n) is 10.4. The van der Waals surface area contributed by atoms with E-state index in [-0.39, 0.29) is 24.0 Å². The van der Waals surface area contributed by atoms with Crippen molar-refractivity contribution < 1.29 is 0 Å². The van der Waals surface area contributed by atoms with Gasteiger partial charge in [0.25, 0.3) is 0 Å². The molecule has 2 aliphatic rings. The highest BCUT2D eigenvalue weighted by atomic mass is 127. The van der Waals surface area contributed by atoms with E-state index in [4.69, 9.17) is 9.98 Å². The highest BCUT2D eigenvalue weighted by Gasteiger charge is 2.27. The number of likely N-dealkylation sites (tertiary alicyclic amines) is 1. The summed E-state index contributed by atoms with van der Waals surface area (Å²) in [6.45, 7) is 10.5. The molecule has 5 nitrogen and oxygen atoms in total. The van der Waals surface area contributed by atoms with E-state index < -0.39 is 0 Å². The lowest BCUT2D eigenvalue weighted by atomic mass is 10.0. The van der Waals surface area contributed by atoms with Crippen LogP contribution < -0.4 is 10.6 Å². The zero-order valence-corrected chi connectivity index (χ0v) is 20.2. The third-order valence-electron chi connectivity index (χ3n) is 5.52. The summed E-state index contributed by atoms with van der Waals surface area (Å²) < 4.78 is 0. The van der Waals surface area contributed by atoms with E-state index in [0.29, 0.717) is 18.5 Å². The molecule has 7 heteroatoms. The van der Waals surface area contributed by atoms with Crippen LogP contribution in [0.5, 0.6) is 0 Å². The normalized spacial score (nSPS) is 20.1. The van der Waals surface area contributed by atoms with Crippen LogP contribution in [0.3, 0.4) is 0 Å². The monoisotopic (exact) mass is 505 g/mol. The Labute approximate surface area is 185 Å². The van der Waals surface area contributed by atoms with Crippen molar-refractivity contribution in [3.8, 4) is 0 Å². The van der Waals surface area contributed by atoms with Gasteiger partial charge in [-0.15, -0.1) is 35.3 Å². The molecule has 0 unspecified atom stereocenters. The molecule has 0 amide bonds. The van der Waals surface area contributed by atoms with Gasteiger partial charge in [-0.3, -0.25) is 0 Å². The molecule has 0 atom stereocenters. The number of piperidine rings is 1. The van der Waals surface area contributed by atoms with Crippen molar-refractivity contribution in [1.82, 2.24) is 20.5 Å². The minimum Gasteiger partial charge on any atom is -0.357 e. The van der Waals surface area contributed by atoms with Gasteiger partial charge in [0.2, 0.25) is 0 Å². The molecule has 1 saturated heterocycles. The number of aliphatic imine (C=N–C) groups is 1. The topological polar surface area (TPSA) is 52.6 Å². The van der Waals surface area contributed by atoms with Crippen LogP contribution in [-0.2, 0) is 6.54 Å². The molecule has 2 heterocycles. The Hall–Kier alpha value is -0.410. The number of halogens is 1. The maximum Gasteiger partial charge on any atom is 0.191 e. The number of hydrogen-bond acceptors (Lipinski definition) is 4. The van der Waals surface area contributed by atoms with Gasteiger partial charge in [-0.25, -0.2) is 9.98 Å². The van der Waals surface area contributed by atoms with Gasteiger partial charge in [0.1, 0.15) is 0 Å². The molecular weight excluding hydrogens is 469 g/mol. The van der Waals surface area contributed by atoms with Gasteiger partial charge in [-0.2, -0.15) is 0 Å². The van der Waals surface area contributed by atoms with Crippen LogP contribution in [-0.4, -0.2) is 47.6 Å². The van der Waals surface area contributed by atoms with Crippen molar-refractivity contribution in [2.45, 2.75) is 83.8 Å². The Kier molecular flexibility index (Phi) is 9.79. The lowest BCUT2D eigenvalue weighted by molar-refractivity contribution is 0.150. The molecule has 154 valence electrons. The molecule has 0 spiro atoms. The number of nitrogens with one attached hydrogen (secondary N) is 2. The Morgan fingerprint density at radius 2 is 1.96 bits per heavy atom. The van der Waals surface area contributed by atoms with Gasteiger partial charge in [0.15, 0.2) is 5.96 Å². The summed E-state index contributed by atoms with van der Waals surface area (Å²) >= 11 is 1.74. The molecule has 27 heavy (non-hydrogen) atoms. The second-order valence-corrected chi connectivity index (χ2v) is 8.81. The van der Waals surface area contributed by atoms with Crippen LogP contribution >= 0.6 is 35.3 Å². The molecule has 1 aromatic rings. The zero-order chi connectivity index (χ0) is 18.4. The van der Waals surface area contributed by atoms with Crippen LogP contribution in [0, 0.1) is 0 Å². The maximum absolute atomic E-state index is 4.77. The molecule has 0 aromatic carbocycles. The van der Waals surface area contributed by atoms with E-state index in [0.717, 1.165) is 24.2 Å². The predicted octanol–water partition coefficient (Wildman–Crippen LogP) is 4.35. The van der Waals surface area contributed by atoms with Crippen LogP contribution in [0.1, 0.15) is 75.9 Å². The van der Waals surface area contributed by atoms with E-state index in [1.165, 1.54) is 56.6 Å². The SMILES string of the molecule is CCNC(=NCc1csc(C(C)C)n1)NC1CCN(C2CCCC2)CC1.I. The average Bonchev–Trinajstić information content (AvgIpc) is 3.32. The maximum atomic E-state index is 4.77. The highest BCUT2D eigenvalue weighted by molar-refractivity contribution is 14.0. The highest BCUT2D eigenvalue weighted by Crippen LogP contribution is 2.26. The van der Waals surface area contributed by atoms with Crippen LogP contribution in [0.25, 0.3) is 0 Å². The summed E-state index contributed by atoms with van der Waals surface area (Å²) in [6, 6.07) is 1.39. The minimum absolute atomic E-state index is 0. The number of rotatable bonds is 6. The van der Waals surface area contributed by atoms with E-state index in [9.17, 15) is 0 Å². The third-order valence-corrected chi connectivity index (χ3v) is 6.71. The molecule has 1 aliphatic carbocycles. The molecule has 1 saturated carbocycles.